The van der Waals surface area contributed by atoms with E-state index in [0.717, 1.165) is 52.3 Å². The minimum Gasteiger partial charge on any atom is -0.396 e. The van der Waals surface area contributed by atoms with Crippen LogP contribution in [0.15, 0.2) is 69.3 Å². The minimum atomic E-state index is 0.0898. The van der Waals surface area contributed by atoms with E-state index in [0.29, 0.717) is 0 Å². The van der Waals surface area contributed by atoms with Crippen molar-refractivity contribution in [3.8, 4) is 11.1 Å². The van der Waals surface area contributed by atoms with E-state index in [4.69, 9.17) is 5.11 Å². The van der Waals surface area contributed by atoms with Gasteiger partial charge in [-0.05, 0) is 112 Å². The number of aryl methyl sites for hydroxylation is 2. The van der Waals surface area contributed by atoms with Gasteiger partial charge in [0.15, 0.2) is 5.78 Å². The van der Waals surface area contributed by atoms with Crippen molar-refractivity contribution in [3.05, 3.63) is 76.0 Å². The van der Waals surface area contributed by atoms with Crippen LogP contribution < -0.4 is 0 Å². The van der Waals surface area contributed by atoms with Gasteiger partial charge in [0, 0.05) is 24.1 Å². The Labute approximate surface area is 297 Å². The monoisotopic (exact) mass is 661 g/mol. The van der Waals surface area contributed by atoms with Crippen LogP contribution in [-0.4, -0.2) is 30.4 Å². The fourth-order valence-corrected chi connectivity index (χ4v) is 4.58. The summed E-state index contributed by atoms with van der Waals surface area (Å²) in [6, 6.07) is 11.9. The number of ketones is 1. The molecule has 1 heterocycles. The second-order valence-corrected chi connectivity index (χ2v) is 13.8. The number of Topliss-reactive ketones (excluding diaryl/α,β-unsaturated/α-hetero) is 1. The van der Waals surface area contributed by atoms with Crippen molar-refractivity contribution < 1.29 is 9.90 Å². The predicted molar refractivity (Wildman–Crippen MR) is 217 cm³/mol. The van der Waals surface area contributed by atoms with Crippen LogP contribution in [0.3, 0.4) is 0 Å². The number of aliphatic hydroxyl groups excluding tert-OH is 1. The molecule has 1 N–H and O–H groups in total. The Morgan fingerprint density at radius 2 is 1.58 bits per heavy atom. The number of carbonyl (C=O) groups excluding carboxylic acids is 1. The molecule has 0 spiro atoms. The molecule has 270 valence electrons. The van der Waals surface area contributed by atoms with Gasteiger partial charge in [-0.2, -0.15) is 0 Å². The number of unbranched alkanes of at least 4 members (excludes halogenated alkanes) is 1. The van der Waals surface area contributed by atoms with E-state index in [2.05, 4.69) is 70.4 Å². The molecule has 0 amide bonds. The Balaban J connectivity index is 0. The molecule has 1 atom stereocenters. The molecule has 2 aromatic carbocycles. The van der Waals surface area contributed by atoms with Crippen LogP contribution >= 0.6 is 0 Å². The van der Waals surface area contributed by atoms with Gasteiger partial charge in [0.1, 0.15) is 0 Å². The lowest BCUT2D eigenvalue weighted by atomic mass is 9.96. The number of carbonyl (C=O) groups is 1. The summed E-state index contributed by atoms with van der Waals surface area (Å²) in [5.41, 5.74) is 10.1. The number of hydrogen-bond donors (Lipinski definition) is 1. The summed E-state index contributed by atoms with van der Waals surface area (Å²) in [7, 11) is 0. The van der Waals surface area contributed by atoms with Gasteiger partial charge in [-0.25, -0.2) is 0 Å². The third kappa shape index (κ3) is 21.0. The SMILES string of the molecule is C=Nc1cc(-c2ccc(C(C)=O)cc2C)ccc1C.CC.CC(C)(C)CO.CCC1=C/CC/C(C)=C(C)/N=C\1.CCCCC(C)CCC. The van der Waals surface area contributed by atoms with Gasteiger partial charge in [0.25, 0.3) is 0 Å². The average molecular weight is 661 g/mol. The molecule has 4 nitrogen and oxygen atoms in total. The van der Waals surface area contributed by atoms with Crippen molar-refractivity contribution in [2.75, 3.05) is 6.61 Å². The third-order valence-electron chi connectivity index (χ3n) is 8.01. The molecular formula is C44H72N2O2. The van der Waals surface area contributed by atoms with Gasteiger partial charge in [-0.1, -0.05) is 130 Å². The summed E-state index contributed by atoms with van der Waals surface area (Å²) in [4.78, 5) is 19.8. The molecule has 0 radical (unpaired) electrons. The van der Waals surface area contributed by atoms with Crippen molar-refractivity contribution in [1.82, 2.24) is 0 Å². The van der Waals surface area contributed by atoms with E-state index in [-0.39, 0.29) is 17.8 Å². The zero-order valence-electron chi connectivity index (χ0n) is 33.5. The second kappa shape index (κ2) is 26.8. The summed E-state index contributed by atoms with van der Waals surface area (Å²) in [6.07, 6.45) is 14.7. The molecule has 3 rings (SSSR count). The summed E-state index contributed by atoms with van der Waals surface area (Å²) in [6.45, 7) is 32.8. The van der Waals surface area contributed by atoms with Crippen LogP contribution in [0.1, 0.15) is 156 Å². The van der Waals surface area contributed by atoms with Crippen molar-refractivity contribution in [3.63, 3.8) is 0 Å². The zero-order valence-corrected chi connectivity index (χ0v) is 33.5. The van der Waals surface area contributed by atoms with Gasteiger partial charge in [-0.15, -0.1) is 0 Å². The lowest BCUT2D eigenvalue weighted by Gasteiger charge is -2.11. The van der Waals surface area contributed by atoms with Crippen LogP contribution in [-0.2, 0) is 0 Å². The lowest BCUT2D eigenvalue weighted by Crippen LogP contribution is -2.09. The molecule has 0 aromatic heterocycles. The quantitative estimate of drug-likeness (QED) is 0.215. The van der Waals surface area contributed by atoms with Crippen molar-refractivity contribution in [2.24, 2.45) is 21.3 Å². The molecule has 4 heteroatoms. The second-order valence-electron chi connectivity index (χ2n) is 13.8. The summed E-state index contributed by atoms with van der Waals surface area (Å²) in [5.74, 6) is 1.06. The van der Waals surface area contributed by atoms with E-state index in [1.807, 2.05) is 85.0 Å². The fourth-order valence-electron chi connectivity index (χ4n) is 4.58. The molecule has 1 aliphatic heterocycles. The number of aliphatic imine (C=N–C) groups is 2. The molecule has 1 aliphatic rings. The summed E-state index contributed by atoms with van der Waals surface area (Å²) < 4.78 is 0. The highest BCUT2D eigenvalue weighted by molar-refractivity contribution is 5.95. The molecule has 0 aliphatic carbocycles. The van der Waals surface area contributed by atoms with Crippen LogP contribution in [0.2, 0.25) is 0 Å². The first-order valence-corrected chi connectivity index (χ1v) is 18.3. The normalized spacial score (nSPS) is 16.2. The number of benzene rings is 2. The summed E-state index contributed by atoms with van der Waals surface area (Å²) in [5, 5.41) is 8.40. The molecule has 0 fully saturated rings. The topological polar surface area (TPSA) is 62.0 Å². The number of hydrogen-bond acceptors (Lipinski definition) is 4. The molecular weight excluding hydrogens is 588 g/mol. The number of aliphatic hydroxyl groups is 1. The van der Waals surface area contributed by atoms with E-state index in [9.17, 15) is 4.79 Å². The Hall–Kier alpha value is -3.11. The standard InChI is InChI=1S/C17H17NO.C11H17N.C9H20.C5H12O.C2H6/c1-11-5-6-15(10-17(11)18-4)16-8-7-14(13(3)19)9-12(16)2;1-4-11-7-5-6-9(2)10(3)12-8-11;1-4-6-8-9(3)7-5-2;1-5(2,3)4-6;1-2/h5-10H,4H2,1-3H3;7-8H,4-6H2,1-3H3;9H,4-8H2,1-3H3;6H,4H2,1-3H3;1-2H3/b;10-9+,11-7-,12-8-;;;. The van der Waals surface area contributed by atoms with E-state index in [1.54, 1.807) is 6.92 Å². The summed E-state index contributed by atoms with van der Waals surface area (Å²) >= 11 is 0. The lowest BCUT2D eigenvalue weighted by molar-refractivity contribution is 0.101. The molecule has 0 saturated heterocycles. The first kappa shape index (κ1) is 47.0. The Bertz CT molecular complexity index is 1290. The molecule has 0 saturated carbocycles. The van der Waals surface area contributed by atoms with E-state index in [1.165, 1.54) is 55.4 Å². The minimum absolute atomic E-state index is 0.0898. The van der Waals surface area contributed by atoms with E-state index < -0.39 is 0 Å². The third-order valence-corrected chi connectivity index (χ3v) is 8.01. The molecule has 2 aromatic rings. The fraction of sp³-hybridized carbons (Fsp3) is 0.568. The predicted octanol–water partition coefficient (Wildman–Crippen LogP) is 13.7. The van der Waals surface area contributed by atoms with Gasteiger partial charge in [0.2, 0.25) is 0 Å². The highest BCUT2D eigenvalue weighted by Gasteiger charge is 2.07. The van der Waals surface area contributed by atoms with Gasteiger partial charge < -0.3 is 5.11 Å². The van der Waals surface area contributed by atoms with Crippen molar-refractivity contribution in [2.45, 2.75) is 148 Å². The van der Waals surface area contributed by atoms with Crippen molar-refractivity contribution >= 4 is 24.4 Å². The van der Waals surface area contributed by atoms with Gasteiger partial charge in [0.05, 0.1) is 5.69 Å². The first-order valence-electron chi connectivity index (χ1n) is 18.3. The Kier molecular flexibility index (Phi) is 26.2. The Morgan fingerprint density at radius 1 is 0.958 bits per heavy atom. The number of nitrogens with zero attached hydrogens (tertiary/aromatic N) is 2. The van der Waals surface area contributed by atoms with E-state index >= 15 is 0 Å². The first-order chi connectivity index (χ1) is 22.6. The smallest absolute Gasteiger partial charge is 0.159 e. The zero-order chi connectivity index (χ0) is 37.3. The van der Waals surface area contributed by atoms with Crippen molar-refractivity contribution in [1.29, 1.82) is 0 Å². The molecule has 0 bridgehead atoms. The molecule has 1 unspecified atom stereocenters. The number of rotatable bonds is 9. The maximum absolute atomic E-state index is 11.4. The average Bonchev–Trinajstić information content (AvgIpc) is 3.06. The van der Waals surface area contributed by atoms with Crippen LogP contribution in [0.25, 0.3) is 11.1 Å². The van der Waals surface area contributed by atoms with Gasteiger partial charge in [-0.3, -0.25) is 14.8 Å². The van der Waals surface area contributed by atoms with Crippen LogP contribution in [0.4, 0.5) is 5.69 Å². The van der Waals surface area contributed by atoms with Crippen LogP contribution in [0.5, 0.6) is 0 Å². The number of allylic oxidation sites excluding steroid dienone is 4. The largest absolute Gasteiger partial charge is 0.396 e. The maximum atomic E-state index is 11.4. The Morgan fingerprint density at radius 3 is 2.06 bits per heavy atom. The molecule has 48 heavy (non-hydrogen) atoms. The van der Waals surface area contributed by atoms with Crippen LogP contribution in [0, 0.1) is 25.2 Å². The maximum Gasteiger partial charge on any atom is 0.159 e. The highest BCUT2D eigenvalue weighted by Crippen LogP contribution is 2.29. The highest BCUT2D eigenvalue weighted by atomic mass is 16.3. The van der Waals surface area contributed by atoms with Gasteiger partial charge >= 0.3 is 0 Å².